The van der Waals surface area contributed by atoms with Gasteiger partial charge in [-0.2, -0.15) is 5.26 Å². The molecule has 3 rings (SSSR count). The zero-order valence-corrected chi connectivity index (χ0v) is 12.6. The molecule has 0 fully saturated rings. The maximum Gasteiger partial charge on any atom is 0.188 e. The monoisotopic (exact) mass is 315 g/mol. The van der Waals surface area contributed by atoms with Crippen LogP contribution in [0.3, 0.4) is 0 Å². The highest BCUT2D eigenvalue weighted by atomic mass is 35.5. The number of nitriles is 1. The minimum atomic E-state index is 0.550. The fourth-order valence-electron chi connectivity index (χ4n) is 1.93. The molecule has 0 amide bonds. The average molecular weight is 316 g/mol. The number of benzene rings is 2. The first-order valence-corrected chi connectivity index (χ1v) is 7.30. The summed E-state index contributed by atoms with van der Waals surface area (Å²) < 4.78 is 6.35. The summed E-state index contributed by atoms with van der Waals surface area (Å²) in [6, 6.07) is 12.9. The zero-order valence-electron chi connectivity index (χ0n) is 11.1. The van der Waals surface area contributed by atoms with Gasteiger partial charge in [0.15, 0.2) is 5.13 Å². The Bertz CT molecular complexity index is 854. The maximum atomic E-state index is 8.91. The van der Waals surface area contributed by atoms with Crippen LogP contribution < -0.4 is 10.1 Å². The molecule has 0 aliphatic rings. The van der Waals surface area contributed by atoms with Crippen LogP contribution in [0, 0.1) is 11.3 Å². The number of nitrogens with one attached hydrogen (secondary N) is 1. The number of ether oxygens (including phenoxy) is 1. The van der Waals surface area contributed by atoms with Crippen LogP contribution in [0.2, 0.25) is 5.02 Å². The number of hydrogen-bond acceptors (Lipinski definition) is 5. The number of fused-ring (bicyclic) bond motifs is 1. The lowest BCUT2D eigenvalue weighted by Gasteiger charge is -2.08. The van der Waals surface area contributed by atoms with Gasteiger partial charge in [-0.1, -0.05) is 22.9 Å². The van der Waals surface area contributed by atoms with Gasteiger partial charge in [0.2, 0.25) is 0 Å². The Morgan fingerprint density at radius 3 is 2.90 bits per heavy atom. The van der Waals surface area contributed by atoms with E-state index in [9.17, 15) is 0 Å². The second-order valence-electron chi connectivity index (χ2n) is 4.28. The summed E-state index contributed by atoms with van der Waals surface area (Å²) in [4.78, 5) is 4.49. The zero-order chi connectivity index (χ0) is 14.8. The van der Waals surface area contributed by atoms with Gasteiger partial charge in [-0.3, -0.25) is 0 Å². The molecule has 0 unspecified atom stereocenters. The highest BCUT2D eigenvalue weighted by molar-refractivity contribution is 7.22. The summed E-state index contributed by atoms with van der Waals surface area (Å²) in [6.45, 7) is 0. The second-order valence-corrected chi connectivity index (χ2v) is 5.75. The lowest BCUT2D eigenvalue weighted by atomic mass is 10.2. The minimum absolute atomic E-state index is 0.550. The molecule has 0 saturated heterocycles. The fourth-order valence-corrected chi connectivity index (χ4v) is 2.96. The van der Waals surface area contributed by atoms with Gasteiger partial charge >= 0.3 is 0 Å². The van der Waals surface area contributed by atoms with E-state index in [0.29, 0.717) is 16.3 Å². The number of thiazole rings is 1. The molecular formula is C15H10ClN3OS. The molecule has 0 bridgehead atoms. The van der Waals surface area contributed by atoms with E-state index in [1.165, 1.54) is 11.3 Å². The van der Waals surface area contributed by atoms with Crippen LogP contribution in [-0.2, 0) is 0 Å². The van der Waals surface area contributed by atoms with Crippen molar-refractivity contribution in [3.63, 3.8) is 0 Å². The predicted octanol–water partition coefficient (Wildman–Crippen LogP) is 4.57. The van der Waals surface area contributed by atoms with Crippen molar-refractivity contribution in [3.05, 3.63) is 47.0 Å². The highest BCUT2D eigenvalue weighted by Gasteiger charge is 2.09. The molecule has 21 heavy (non-hydrogen) atoms. The normalized spacial score (nSPS) is 10.3. The quantitative estimate of drug-likeness (QED) is 0.769. The van der Waals surface area contributed by atoms with E-state index in [1.54, 1.807) is 25.3 Å². The fraction of sp³-hybridized carbons (Fsp3) is 0.0667. The molecule has 0 atom stereocenters. The Morgan fingerprint density at radius 2 is 2.14 bits per heavy atom. The first kappa shape index (κ1) is 13.7. The van der Waals surface area contributed by atoms with E-state index in [4.69, 9.17) is 21.6 Å². The highest BCUT2D eigenvalue weighted by Crippen LogP contribution is 2.33. The summed E-state index contributed by atoms with van der Waals surface area (Å²) in [5, 5.41) is 13.5. The van der Waals surface area contributed by atoms with Gasteiger partial charge in [-0.25, -0.2) is 4.98 Å². The number of rotatable bonds is 3. The SMILES string of the molecule is COc1cc(C#N)ccc1Nc1nc2cc(Cl)ccc2s1. The summed E-state index contributed by atoms with van der Waals surface area (Å²) in [7, 11) is 1.57. The number of aromatic nitrogens is 1. The first-order chi connectivity index (χ1) is 10.2. The molecule has 104 valence electrons. The molecule has 6 heteroatoms. The molecule has 0 aliphatic heterocycles. The number of anilines is 2. The van der Waals surface area contributed by atoms with Crippen LogP contribution in [0.4, 0.5) is 10.8 Å². The molecule has 0 saturated carbocycles. The van der Waals surface area contributed by atoms with E-state index >= 15 is 0 Å². The maximum absolute atomic E-state index is 8.91. The third kappa shape index (κ3) is 2.77. The van der Waals surface area contributed by atoms with Crippen LogP contribution in [0.25, 0.3) is 10.2 Å². The molecule has 1 aromatic heterocycles. The van der Waals surface area contributed by atoms with Gasteiger partial charge in [0.1, 0.15) is 5.75 Å². The Morgan fingerprint density at radius 1 is 1.29 bits per heavy atom. The van der Waals surface area contributed by atoms with Crippen molar-refractivity contribution in [1.82, 2.24) is 4.98 Å². The van der Waals surface area contributed by atoms with Gasteiger partial charge in [0.05, 0.1) is 34.6 Å². The molecule has 2 aromatic carbocycles. The molecule has 0 spiro atoms. The lowest BCUT2D eigenvalue weighted by Crippen LogP contribution is -1.94. The Balaban J connectivity index is 1.96. The van der Waals surface area contributed by atoms with E-state index < -0.39 is 0 Å². The molecule has 1 heterocycles. The van der Waals surface area contributed by atoms with Crippen molar-refractivity contribution < 1.29 is 4.74 Å². The van der Waals surface area contributed by atoms with Crippen LogP contribution in [0.15, 0.2) is 36.4 Å². The van der Waals surface area contributed by atoms with E-state index in [-0.39, 0.29) is 0 Å². The Labute approximate surface area is 130 Å². The summed E-state index contributed by atoms with van der Waals surface area (Å²) in [6.07, 6.45) is 0. The minimum Gasteiger partial charge on any atom is -0.495 e. The van der Waals surface area contributed by atoms with Crippen LogP contribution in [0.5, 0.6) is 5.75 Å². The van der Waals surface area contributed by atoms with Gasteiger partial charge in [-0.15, -0.1) is 0 Å². The van der Waals surface area contributed by atoms with Gasteiger partial charge in [-0.05, 0) is 30.3 Å². The van der Waals surface area contributed by atoms with E-state index in [2.05, 4.69) is 16.4 Å². The van der Waals surface area contributed by atoms with Crippen molar-refractivity contribution >= 4 is 44.0 Å². The summed E-state index contributed by atoms with van der Waals surface area (Å²) >= 11 is 7.49. The van der Waals surface area contributed by atoms with Gasteiger partial charge < -0.3 is 10.1 Å². The number of methoxy groups -OCH3 is 1. The van der Waals surface area contributed by atoms with Crippen LogP contribution in [0.1, 0.15) is 5.56 Å². The lowest BCUT2D eigenvalue weighted by molar-refractivity contribution is 0.416. The molecule has 3 aromatic rings. The van der Waals surface area contributed by atoms with E-state index in [1.807, 2.05) is 18.2 Å². The standard InChI is InChI=1S/C15H10ClN3OS/c1-20-13-6-9(8-17)2-4-11(13)18-15-19-12-7-10(16)3-5-14(12)21-15/h2-7H,1H3,(H,18,19). The number of hydrogen-bond donors (Lipinski definition) is 1. The van der Waals surface area contributed by atoms with Crippen molar-refractivity contribution in [1.29, 1.82) is 5.26 Å². The number of nitrogens with zero attached hydrogens (tertiary/aromatic N) is 2. The Hall–Kier alpha value is -2.29. The van der Waals surface area contributed by atoms with Crippen molar-refractivity contribution in [2.24, 2.45) is 0 Å². The molecule has 4 nitrogen and oxygen atoms in total. The molecule has 0 radical (unpaired) electrons. The van der Waals surface area contributed by atoms with Crippen molar-refractivity contribution in [2.75, 3.05) is 12.4 Å². The third-order valence-electron chi connectivity index (χ3n) is 2.92. The molecular weight excluding hydrogens is 306 g/mol. The summed E-state index contributed by atoms with van der Waals surface area (Å²) in [5.74, 6) is 0.603. The average Bonchev–Trinajstić information content (AvgIpc) is 2.89. The predicted molar refractivity (Wildman–Crippen MR) is 85.6 cm³/mol. The van der Waals surface area contributed by atoms with Crippen LogP contribution in [-0.4, -0.2) is 12.1 Å². The number of halogens is 1. The summed E-state index contributed by atoms with van der Waals surface area (Å²) in [5.41, 5.74) is 2.16. The Kier molecular flexibility index (Phi) is 3.65. The first-order valence-electron chi connectivity index (χ1n) is 6.11. The van der Waals surface area contributed by atoms with Gasteiger partial charge in [0, 0.05) is 11.1 Å². The van der Waals surface area contributed by atoms with E-state index in [0.717, 1.165) is 21.0 Å². The third-order valence-corrected chi connectivity index (χ3v) is 4.11. The largest absolute Gasteiger partial charge is 0.495 e. The topological polar surface area (TPSA) is 57.9 Å². The van der Waals surface area contributed by atoms with Crippen LogP contribution >= 0.6 is 22.9 Å². The molecule has 1 N–H and O–H groups in total. The van der Waals surface area contributed by atoms with Crippen molar-refractivity contribution in [2.45, 2.75) is 0 Å². The van der Waals surface area contributed by atoms with Crippen molar-refractivity contribution in [3.8, 4) is 11.8 Å². The van der Waals surface area contributed by atoms with Gasteiger partial charge in [0.25, 0.3) is 0 Å². The molecule has 0 aliphatic carbocycles. The second kappa shape index (κ2) is 5.60. The smallest absolute Gasteiger partial charge is 0.188 e.